The summed E-state index contributed by atoms with van der Waals surface area (Å²) in [6, 6.07) is 15.0. The second-order valence-corrected chi connectivity index (χ2v) is 4.63. The van der Waals surface area contributed by atoms with Gasteiger partial charge in [0.05, 0.1) is 11.6 Å². The molecule has 0 unspecified atom stereocenters. The van der Waals surface area contributed by atoms with E-state index in [2.05, 4.69) is 10.6 Å². The van der Waals surface area contributed by atoms with Crippen molar-refractivity contribution < 1.29 is 0 Å². The quantitative estimate of drug-likeness (QED) is 0.728. The van der Waals surface area contributed by atoms with Gasteiger partial charge < -0.3 is 9.13 Å². The number of nitrogens with zero attached hydrogens (tertiary/aromatic N) is 3. The number of benzene rings is 1. The van der Waals surface area contributed by atoms with E-state index in [4.69, 9.17) is 5.26 Å². The molecule has 0 aliphatic carbocycles. The molecule has 2 aromatic heterocycles. The van der Waals surface area contributed by atoms with E-state index in [1.807, 2.05) is 36.5 Å². The van der Waals surface area contributed by atoms with Gasteiger partial charge in [-0.05, 0) is 29.7 Å². The number of aryl methyl sites for hydroxylation is 2. The Labute approximate surface area is 116 Å². The molecular weight excluding hydrogens is 250 g/mol. The molecule has 0 amide bonds. The van der Waals surface area contributed by atoms with Crippen LogP contribution in [0, 0.1) is 11.3 Å². The SMILES string of the molecule is N#Cc1ccc2ccn(CCn3ccccc3=O)c2c1. The highest BCUT2D eigenvalue weighted by Gasteiger charge is 2.03. The van der Waals surface area contributed by atoms with Crippen LogP contribution in [0.4, 0.5) is 0 Å². The first kappa shape index (κ1) is 12.2. The van der Waals surface area contributed by atoms with E-state index in [1.165, 1.54) is 0 Å². The molecule has 0 N–H and O–H groups in total. The van der Waals surface area contributed by atoms with Crippen molar-refractivity contribution in [1.29, 1.82) is 5.26 Å². The predicted molar refractivity (Wildman–Crippen MR) is 77.4 cm³/mol. The van der Waals surface area contributed by atoms with Crippen molar-refractivity contribution in [2.75, 3.05) is 0 Å². The van der Waals surface area contributed by atoms with Crippen molar-refractivity contribution in [3.63, 3.8) is 0 Å². The third-order valence-corrected chi connectivity index (χ3v) is 3.38. The number of fused-ring (bicyclic) bond motifs is 1. The first-order chi connectivity index (χ1) is 9.78. The Balaban J connectivity index is 1.90. The van der Waals surface area contributed by atoms with Gasteiger partial charge in [-0.3, -0.25) is 4.79 Å². The number of hydrogen-bond acceptors (Lipinski definition) is 2. The van der Waals surface area contributed by atoms with Gasteiger partial charge in [0.25, 0.3) is 5.56 Å². The minimum Gasteiger partial charge on any atom is -0.346 e. The Morgan fingerprint density at radius 2 is 1.85 bits per heavy atom. The Morgan fingerprint density at radius 1 is 1.00 bits per heavy atom. The summed E-state index contributed by atoms with van der Waals surface area (Å²) in [6.45, 7) is 1.31. The van der Waals surface area contributed by atoms with Gasteiger partial charge in [-0.15, -0.1) is 0 Å². The van der Waals surface area contributed by atoms with Crippen molar-refractivity contribution in [3.8, 4) is 6.07 Å². The second-order valence-electron chi connectivity index (χ2n) is 4.63. The van der Waals surface area contributed by atoms with Crippen LogP contribution >= 0.6 is 0 Å². The Morgan fingerprint density at radius 3 is 2.65 bits per heavy atom. The van der Waals surface area contributed by atoms with Gasteiger partial charge in [-0.25, -0.2) is 0 Å². The first-order valence-electron chi connectivity index (χ1n) is 6.42. The maximum absolute atomic E-state index is 11.7. The zero-order valence-electron chi connectivity index (χ0n) is 10.9. The van der Waals surface area contributed by atoms with Gasteiger partial charge in [0, 0.05) is 37.1 Å². The van der Waals surface area contributed by atoms with Gasteiger partial charge in [-0.1, -0.05) is 12.1 Å². The summed E-state index contributed by atoms with van der Waals surface area (Å²) in [6.07, 6.45) is 3.77. The molecule has 98 valence electrons. The molecule has 4 nitrogen and oxygen atoms in total. The fourth-order valence-electron chi connectivity index (χ4n) is 2.31. The van der Waals surface area contributed by atoms with Crippen LogP contribution < -0.4 is 5.56 Å². The van der Waals surface area contributed by atoms with Crippen molar-refractivity contribution in [2.45, 2.75) is 13.1 Å². The lowest BCUT2D eigenvalue weighted by atomic mass is 10.2. The van der Waals surface area contributed by atoms with E-state index in [-0.39, 0.29) is 5.56 Å². The molecule has 0 spiro atoms. The van der Waals surface area contributed by atoms with Crippen molar-refractivity contribution >= 4 is 10.9 Å². The highest BCUT2D eigenvalue weighted by Crippen LogP contribution is 2.17. The fraction of sp³-hybridized carbons (Fsp3) is 0.125. The van der Waals surface area contributed by atoms with Crippen LogP contribution in [0.1, 0.15) is 5.56 Å². The summed E-state index contributed by atoms with van der Waals surface area (Å²) in [5.74, 6) is 0. The number of rotatable bonds is 3. The molecule has 4 heteroatoms. The van der Waals surface area contributed by atoms with Gasteiger partial charge in [-0.2, -0.15) is 5.26 Å². The molecule has 0 aliphatic rings. The molecule has 2 heterocycles. The molecule has 0 aliphatic heterocycles. The standard InChI is InChI=1S/C16H13N3O/c17-12-13-4-5-14-6-8-18(15(14)11-13)9-10-19-7-2-1-3-16(19)20/h1-8,11H,9-10H2. The lowest BCUT2D eigenvalue weighted by Crippen LogP contribution is -2.20. The smallest absolute Gasteiger partial charge is 0.250 e. The van der Waals surface area contributed by atoms with Crippen LogP contribution in [0.3, 0.4) is 0 Å². The van der Waals surface area contributed by atoms with Gasteiger partial charge in [0.1, 0.15) is 0 Å². The number of pyridine rings is 1. The fourth-order valence-corrected chi connectivity index (χ4v) is 2.31. The summed E-state index contributed by atoms with van der Waals surface area (Å²) in [5.41, 5.74) is 1.67. The minimum absolute atomic E-state index is 0.00155. The number of aromatic nitrogens is 2. The zero-order chi connectivity index (χ0) is 13.9. The molecule has 0 fully saturated rings. The topological polar surface area (TPSA) is 50.7 Å². The number of nitriles is 1. The Hall–Kier alpha value is -2.80. The molecule has 0 atom stereocenters. The largest absolute Gasteiger partial charge is 0.346 e. The molecule has 0 bridgehead atoms. The first-order valence-corrected chi connectivity index (χ1v) is 6.42. The number of hydrogen-bond donors (Lipinski definition) is 0. The third-order valence-electron chi connectivity index (χ3n) is 3.38. The van der Waals surface area contributed by atoms with Crippen LogP contribution in [0.2, 0.25) is 0 Å². The van der Waals surface area contributed by atoms with Crippen molar-refractivity contribution in [2.24, 2.45) is 0 Å². The maximum atomic E-state index is 11.7. The summed E-state index contributed by atoms with van der Waals surface area (Å²) in [5, 5.41) is 10.1. The maximum Gasteiger partial charge on any atom is 0.250 e. The highest BCUT2D eigenvalue weighted by atomic mass is 16.1. The molecule has 0 saturated carbocycles. The Kier molecular flexibility index (Phi) is 3.10. The summed E-state index contributed by atoms with van der Waals surface area (Å²) in [4.78, 5) is 11.7. The lowest BCUT2D eigenvalue weighted by molar-refractivity contribution is 0.577. The van der Waals surface area contributed by atoms with Crippen LogP contribution in [0.5, 0.6) is 0 Å². The van der Waals surface area contributed by atoms with E-state index in [1.54, 1.807) is 22.9 Å². The van der Waals surface area contributed by atoms with Crippen LogP contribution in [0.25, 0.3) is 10.9 Å². The molecule has 1 aromatic carbocycles. The third kappa shape index (κ3) is 2.21. The van der Waals surface area contributed by atoms with E-state index < -0.39 is 0 Å². The Bertz CT molecular complexity index is 852. The summed E-state index contributed by atoms with van der Waals surface area (Å²) < 4.78 is 3.75. The molecule has 3 rings (SSSR count). The second kappa shape index (κ2) is 5.06. The van der Waals surface area contributed by atoms with Crippen molar-refractivity contribution in [1.82, 2.24) is 9.13 Å². The van der Waals surface area contributed by atoms with E-state index in [0.717, 1.165) is 10.9 Å². The van der Waals surface area contributed by atoms with E-state index in [9.17, 15) is 4.79 Å². The van der Waals surface area contributed by atoms with Gasteiger partial charge in [0.2, 0.25) is 0 Å². The average Bonchev–Trinajstić information content (AvgIpc) is 2.88. The molecular formula is C16H13N3O. The molecule has 3 aromatic rings. The highest BCUT2D eigenvalue weighted by molar-refractivity contribution is 5.81. The lowest BCUT2D eigenvalue weighted by Gasteiger charge is -2.08. The van der Waals surface area contributed by atoms with Crippen LogP contribution in [0.15, 0.2) is 59.7 Å². The average molecular weight is 263 g/mol. The van der Waals surface area contributed by atoms with Gasteiger partial charge in [0.15, 0.2) is 0 Å². The van der Waals surface area contributed by atoms with E-state index in [0.29, 0.717) is 18.7 Å². The van der Waals surface area contributed by atoms with E-state index >= 15 is 0 Å². The van der Waals surface area contributed by atoms with Crippen molar-refractivity contribution in [3.05, 3.63) is 70.8 Å². The predicted octanol–water partition coefficient (Wildman–Crippen LogP) is 2.37. The molecule has 0 saturated heterocycles. The summed E-state index contributed by atoms with van der Waals surface area (Å²) in [7, 11) is 0. The normalized spacial score (nSPS) is 10.6. The van der Waals surface area contributed by atoms with Crippen LogP contribution in [-0.2, 0) is 13.1 Å². The molecule has 20 heavy (non-hydrogen) atoms. The molecule has 0 radical (unpaired) electrons. The monoisotopic (exact) mass is 263 g/mol. The minimum atomic E-state index is 0.00155. The van der Waals surface area contributed by atoms with Crippen LogP contribution in [-0.4, -0.2) is 9.13 Å². The zero-order valence-corrected chi connectivity index (χ0v) is 10.9. The summed E-state index contributed by atoms with van der Waals surface area (Å²) >= 11 is 0. The van der Waals surface area contributed by atoms with Gasteiger partial charge >= 0.3 is 0 Å².